The molecular formula is C16H16N4O3. The largest absolute Gasteiger partial charge is 0.476 e. The highest BCUT2D eigenvalue weighted by molar-refractivity contribution is 5.84. The van der Waals surface area contributed by atoms with Crippen molar-refractivity contribution in [3.8, 4) is 0 Å². The van der Waals surface area contributed by atoms with E-state index in [0.717, 1.165) is 31.7 Å². The molecular weight excluding hydrogens is 296 g/mol. The van der Waals surface area contributed by atoms with Crippen LogP contribution in [0.4, 0.5) is 5.82 Å². The summed E-state index contributed by atoms with van der Waals surface area (Å²) in [7, 11) is 0. The quantitative estimate of drug-likeness (QED) is 0.888. The Balaban J connectivity index is 1.63. The first-order chi connectivity index (χ1) is 11.1. The first-order valence-corrected chi connectivity index (χ1v) is 7.62. The van der Waals surface area contributed by atoms with Gasteiger partial charge in [0.15, 0.2) is 5.69 Å². The third-order valence-corrected chi connectivity index (χ3v) is 4.66. The number of fused-ring (bicyclic) bond motifs is 4. The minimum Gasteiger partial charge on any atom is -0.476 e. The molecule has 4 heterocycles. The predicted molar refractivity (Wildman–Crippen MR) is 82.8 cm³/mol. The lowest BCUT2D eigenvalue weighted by molar-refractivity contribution is 0.0690. The highest BCUT2D eigenvalue weighted by Crippen LogP contribution is 2.36. The van der Waals surface area contributed by atoms with Crippen molar-refractivity contribution in [2.75, 3.05) is 18.0 Å². The van der Waals surface area contributed by atoms with Gasteiger partial charge in [0, 0.05) is 37.3 Å². The molecule has 0 aliphatic carbocycles. The van der Waals surface area contributed by atoms with Gasteiger partial charge in [-0.15, -0.1) is 0 Å². The third-order valence-electron chi connectivity index (χ3n) is 4.66. The molecule has 2 aromatic rings. The van der Waals surface area contributed by atoms with Crippen LogP contribution in [0.25, 0.3) is 0 Å². The molecule has 7 heteroatoms. The van der Waals surface area contributed by atoms with Gasteiger partial charge < -0.3 is 14.6 Å². The summed E-state index contributed by atoms with van der Waals surface area (Å²) in [4.78, 5) is 33.2. The highest BCUT2D eigenvalue weighted by Gasteiger charge is 2.35. The Bertz CT molecular complexity index is 815. The lowest BCUT2D eigenvalue weighted by Crippen LogP contribution is -2.47. The Morgan fingerprint density at radius 3 is 2.78 bits per heavy atom. The monoisotopic (exact) mass is 312 g/mol. The molecule has 2 aliphatic rings. The van der Waals surface area contributed by atoms with Crippen LogP contribution < -0.4 is 10.5 Å². The van der Waals surface area contributed by atoms with Gasteiger partial charge in [-0.2, -0.15) is 0 Å². The molecule has 2 aliphatic heterocycles. The van der Waals surface area contributed by atoms with Crippen LogP contribution in [0.3, 0.4) is 0 Å². The van der Waals surface area contributed by atoms with E-state index in [1.54, 1.807) is 6.07 Å². The topological polar surface area (TPSA) is 88.3 Å². The van der Waals surface area contributed by atoms with Crippen molar-refractivity contribution in [3.05, 3.63) is 52.3 Å². The van der Waals surface area contributed by atoms with Gasteiger partial charge in [0.05, 0.1) is 12.4 Å². The molecule has 0 aromatic carbocycles. The number of piperidine rings is 1. The summed E-state index contributed by atoms with van der Waals surface area (Å²) in [6.45, 7) is 2.29. The number of pyridine rings is 1. The fourth-order valence-corrected chi connectivity index (χ4v) is 3.68. The minimum atomic E-state index is -1.08. The molecule has 0 amide bonds. The van der Waals surface area contributed by atoms with E-state index in [9.17, 15) is 9.59 Å². The standard InChI is InChI=1S/C16H16N4O3/c21-15-3-1-2-13-11-4-10(8-20(13)15)7-19(9-11)14-6-17-12(5-18-14)16(22)23/h1-3,5-6,10-11H,4,7-9H2,(H,22,23)/t10-,11+/m0/s1. The van der Waals surface area contributed by atoms with Crippen molar-refractivity contribution < 1.29 is 9.90 Å². The van der Waals surface area contributed by atoms with E-state index in [1.165, 1.54) is 12.4 Å². The van der Waals surface area contributed by atoms with E-state index in [4.69, 9.17) is 5.11 Å². The van der Waals surface area contributed by atoms with Crippen LogP contribution in [0.2, 0.25) is 0 Å². The number of aromatic carboxylic acids is 1. The van der Waals surface area contributed by atoms with Crippen LogP contribution in [0.1, 0.15) is 28.5 Å². The summed E-state index contributed by atoms with van der Waals surface area (Å²) in [6.07, 6.45) is 3.88. The lowest BCUT2D eigenvalue weighted by atomic mass is 9.83. The summed E-state index contributed by atoms with van der Waals surface area (Å²) >= 11 is 0. The van der Waals surface area contributed by atoms with Crippen LogP contribution in [0, 0.1) is 5.92 Å². The fourth-order valence-electron chi connectivity index (χ4n) is 3.68. The molecule has 2 bridgehead atoms. The summed E-state index contributed by atoms with van der Waals surface area (Å²) in [5.74, 6) is 0.295. The zero-order valence-electron chi connectivity index (χ0n) is 12.4. The van der Waals surface area contributed by atoms with Gasteiger partial charge in [-0.3, -0.25) is 4.79 Å². The predicted octanol–water partition coefficient (Wildman–Crippen LogP) is 0.960. The molecule has 1 N–H and O–H groups in total. The van der Waals surface area contributed by atoms with Crippen LogP contribution in [-0.2, 0) is 6.54 Å². The molecule has 2 atom stereocenters. The first-order valence-electron chi connectivity index (χ1n) is 7.62. The Labute approximate surface area is 132 Å². The molecule has 7 nitrogen and oxygen atoms in total. The smallest absolute Gasteiger partial charge is 0.356 e. The Morgan fingerprint density at radius 2 is 2.04 bits per heavy atom. The van der Waals surface area contributed by atoms with Crippen LogP contribution >= 0.6 is 0 Å². The van der Waals surface area contributed by atoms with Gasteiger partial charge in [-0.05, 0) is 18.4 Å². The molecule has 118 valence electrons. The highest BCUT2D eigenvalue weighted by atomic mass is 16.4. The molecule has 2 aromatic heterocycles. The molecule has 0 unspecified atom stereocenters. The zero-order valence-corrected chi connectivity index (χ0v) is 12.4. The van der Waals surface area contributed by atoms with Gasteiger partial charge in [0.1, 0.15) is 5.82 Å². The minimum absolute atomic E-state index is 0.0529. The van der Waals surface area contributed by atoms with E-state index in [-0.39, 0.29) is 17.2 Å². The normalized spacial score (nSPS) is 22.5. The van der Waals surface area contributed by atoms with Crippen LogP contribution in [0.5, 0.6) is 0 Å². The number of rotatable bonds is 2. The van der Waals surface area contributed by atoms with Gasteiger partial charge in [0.2, 0.25) is 0 Å². The molecule has 1 fully saturated rings. The van der Waals surface area contributed by atoms with Crippen LogP contribution in [0.15, 0.2) is 35.4 Å². The van der Waals surface area contributed by atoms with E-state index < -0.39 is 5.97 Å². The van der Waals surface area contributed by atoms with Crippen molar-refractivity contribution in [1.82, 2.24) is 14.5 Å². The fraction of sp³-hybridized carbons (Fsp3) is 0.375. The molecule has 0 saturated carbocycles. The maximum atomic E-state index is 12.0. The Kier molecular flexibility index (Phi) is 3.14. The summed E-state index contributed by atoms with van der Waals surface area (Å²) in [6, 6.07) is 5.44. The number of hydrogen-bond acceptors (Lipinski definition) is 5. The van der Waals surface area contributed by atoms with Crippen molar-refractivity contribution in [1.29, 1.82) is 0 Å². The van der Waals surface area contributed by atoms with Crippen molar-refractivity contribution >= 4 is 11.8 Å². The van der Waals surface area contributed by atoms with Crippen molar-refractivity contribution in [2.24, 2.45) is 5.92 Å². The van der Waals surface area contributed by atoms with E-state index >= 15 is 0 Å². The second-order valence-corrected chi connectivity index (χ2v) is 6.17. The van der Waals surface area contributed by atoms with Crippen LogP contribution in [-0.4, -0.2) is 38.7 Å². The number of hydrogen-bond donors (Lipinski definition) is 1. The maximum Gasteiger partial charge on any atom is 0.356 e. The van der Waals surface area contributed by atoms with E-state index in [1.807, 2.05) is 16.7 Å². The third kappa shape index (κ3) is 2.38. The van der Waals surface area contributed by atoms with Crippen molar-refractivity contribution in [2.45, 2.75) is 18.9 Å². The summed E-state index contributed by atoms with van der Waals surface area (Å²) in [5, 5.41) is 8.90. The Hall–Kier alpha value is -2.70. The SMILES string of the molecule is O=C(O)c1cnc(N2C[C@@H]3C[C@H](C2)c2cccc(=O)n2C3)cn1. The number of carbonyl (C=O) groups is 1. The molecule has 4 rings (SSSR count). The lowest BCUT2D eigenvalue weighted by Gasteiger charge is -2.43. The molecule has 23 heavy (non-hydrogen) atoms. The first kappa shape index (κ1) is 13.9. The van der Waals surface area contributed by atoms with Gasteiger partial charge in [-0.25, -0.2) is 14.8 Å². The van der Waals surface area contributed by atoms with E-state index in [2.05, 4.69) is 14.9 Å². The Morgan fingerprint density at radius 1 is 1.17 bits per heavy atom. The number of carboxylic acid groups (broad SMARTS) is 1. The van der Waals surface area contributed by atoms with Gasteiger partial charge in [0.25, 0.3) is 5.56 Å². The summed E-state index contributed by atoms with van der Waals surface area (Å²) < 4.78 is 1.88. The average Bonchev–Trinajstić information content (AvgIpc) is 2.56. The summed E-state index contributed by atoms with van der Waals surface area (Å²) in [5.41, 5.74) is 1.09. The molecule has 0 radical (unpaired) electrons. The second kappa shape index (κ2) is 5.19. The number of aromatic nitrogens is 3. The molecule has 0 spiro atoms. The zero-order chi connectivity index (χ0) is 16.0. The van der Waals surface area contributed by atoms with E-state index in [0.29, 0.717) is 11.7 Å². The van der Waals surface area contributed by atoms with Gasteiger partial charge >= 0.3 is 5.97 Å². The number of nitrogens with zero attached hydrogens (tertiary/aromatic N) is 4. The average molecular weight is 312 g/mol. The number of anilines is 1. The molecule has 1 saturated heterocycles. The number of carboxylic acids is 1. The second-order valence-electron chi connectivity index (χ2n) is 6.17. The van der Waals surface area contributed by atoms with Gasteiger partial charge in [-0.1, -0.05) is 6.07 Å². The maximum absolute atomic E-state index is 12.0. The van der Waals surface area contributed by atoms with Crippen molar-refractivity contribution in [3.63, 3.8) is 0 Å².